The molecule has 7 nitrogen and oxygen atoms in total. The number of nitrogens with one attached hydrogen (secondary N) is 1. The fourth-order valence-corrected chi connectivity index (χ4v) is 3.50. The number of aryl methyl sites for hydroxylation is 1. The Hall–Kier alpha value is -2.23. The van der Waals surface area contributed by atoms with Crippen LogP contribution >= 0.6 is 24.0 Å². The lowest BCUT2D eigenvalue weighted by Gasteiger charge is -2.20. The monoisotopic (exact) mass is 509 g/mol. The molecule has 1 aromatic carbocycles. The molecule has 0 bridgehead atoms. The molecule has 0 amide bonds. The molecule has 0 aliphatic carbocycles. The number of halogens is 1. The van der Waals surface area contributed by atoms with E-state index in [1.807, 2.05) is 31.2 Å². The summed E-state index contributed by atoms with van der Waals surface area (Å²) >= 11 is 0. The van der Waals surface area contributed by atoms with Crippen molar-refractivity contribution in [3.63, 3.8) is 0 Å². The number of nitrogens with zero attached hydrogens (tertiary/aromatic N) is 3. The number of ether oxygens (including phenoxy) is 2. The average Bonchev–Trinajstić information content (AvgIpc) is 3.13. The van der Waals surface area contributed by atoms with Crippen molar-refractivity contribution in [3.8, 4) is 11.5 Å². The zero-order valence-corrected chi connectivity index (χ0v) is 19.0. The highest BCUT2D eigenvalue weighted by atomic mass is 127. The van der Waals surface area contributed by atoms with Gasteiger partial charge in [0.05, 0.1) is 19.8 Å². The van der Waals surface area contributed by atoms with E-state index in [1.54, 1.807) is 0 Å². The summed E-state index contributed by atoms with van der Waals surface area (Å²) in [7, 11) is 0. The van der Waals surface area contributed by atoms with Crippen molar-refractivity contribution in [3.05, 3.63) is 41.6 Å². The highest BCUT2D eigenvalue weighted by molar-refractivity contribution is 14.0. The molecule has 156 valence electrons. The first kappa shape index (κ1) is 21.5. The smallest absolute Gasteiger partial charge is 0.193 e. The Balaban J connectivity index is 0.00000240. The molecule has 1 saturated heterocycles. The fourth-order valence-electron chi connectivity index (χ4n) is 3.50. The predicted molar refractivity (Wildman–Crippen MR) is 127 cm³/mol. The third-order valence-electron chi connectivity index (χ3n) is 4.94. The van der Waals surface area contributed by atoms with Gasteiger partial charge >= 0.3 is 0 Å². The van der Waals surface area contributed by atoms with Crippen LogP contribution in [0.1, 0.15) is 30.5 Å². The molecule has 1 fully saturated rings. The number of benzene rings is 1. The van der Waals surface area contributed by atoms with E-state index in [0.29, 0.717) is 25.7 Å². The van der Waals surface area contributed by atoms with Crippen molar-refractivity contribution in [2.75, 3.05) is 36.5 Å². The van der Waals surface area contributed by atoms with Crippen LogP contribution in [0.25, 0.3) is 0 Å². The molecule has 29 heavy (non-hydrogen) atoms. The van der Waals surface area contributed by atoms with Crippen molar-refractivity contribution < 1.29 is 9.47 Å². The summed E-state index contributed by atoms with van der Waals surface area (Å²) in [5.74, 6) is 2.89. The Morgan fingerprint density at radius 1 is 1.10 bits per heavy atom. The molecule has 0 atom stereocenters. The lowest BCUT2D eigenvalue weighted by atomic mass is 10.2. The van der Waals surface area contributed by atoms with Gasteiger partial charge in [-0.1, -0.05) is 6.07 Å². The van der Waals surface area contributed by atoms with Crippen molar-refractivity contribution in [1.82, 2.24) is 4.98 Å². The number of aliphatic imine (C=N–C) groups is 1. The van der Waals surface area contributed by atoms with E-state index in [1.165, 1.54) is 12.8 Å². The zero-order chi connectivity index (χ0) is 19.3. The van der Waals surface area contributed by atoms with Gasteiger partial charge in [0.2, 0.25) is 0 Å². The van der Waals surface area contributed by atoms with E-state index in [9.17, 15) is 0 Å². The van der Waals surface area contributed by atoms with Gasteiger partial charge in [0.25, 0.3) is 0 Å². The number of hydrogen-bond donors (Lipinski definition) is 2. The maximum Gasteiger partial charge on any atom is 0.193 e. The summed E-state index contributed by atoms with van der Waals surface area (Å²) in [6, 6.07) is 9.83. The topological polar surface area (TPSA) is 85.0 Å². The van der Waals surface area contributed by atoms with E-state index in [-0.39, 0.29) is 24.0 Å². The van der Waals surface area contributed by atoms with Gasteiger partial charge in [0.15, 0.2) is 17.5 Å². The number of hydrogen-bond acceptors (Lipinski definition) is 5. The molecule has 3 N–H and O–H groups in total. The highest BCUT2D eigenvalue weighted by Crippen LogP contribution is 2.32. The Bertz CT molecular complexity index is 868. The number of nitrogens with two attached hydrogens (primary N) is 1. The normalized spacial score (nSPS) is 16.2. The molecule has 4 rings (SSSR count). The van der Waals surface area contributed by atoms with E-state index in [0.717, 1.165) is 53.8 Å². The van der Waals surface area contributed by atoms with Crippen LogP contribution in [0.5, 0.6) is 11.5 Å². The first-order chi connectivity index (χ1) is 13.7. The molecule has 2 aliphatic rings. The van der Waals surface area contributed by atoms with Gasteiger partial charge in [0.1, 0.15) is 5.82 Å². The van der Waals surface area contributed by atoms with Gasteiger partial charge in [-0.2, -0.15) is 0 Å². The largest absolute Gasteiger partial charge is 0.490 e. The van der Waals surface area contributed by atoms with Crippen LogP contribution in [0, 0.1) is 6.92 Å². The molecule has 3 heterocycles. The molecular weight excluding hydrogens is 481 g/mol. The zero-order valence-electron chi connectivity index (χ0n) is 16.7. The molecule has 1 aromatic heterocycles. The quantitative estimate of drug-likeness (QED) is 0.372. The van der Waals surface area contributed by atoms with Gasteiger partial charge in [-0.05, 0) is 38.0 Å². The Morgan fingerprint density at radius 3 is 2.66 bits per heavy atom. The molecule has 0 radical (unpaired) electrons. The van der Waals surface area contributed by atoms with Gasteiger partial charge in [-0.15, -0.1) is 24.0 Å². The van der Waals surface area contributed by atoms with Crippen LogP contribution in [-0.4, -0.2) is 37.2 Å². The Kier molecular flexibility index (Phi) is 7.40. The molecular formula is C21H28IN5O2. The SMILES string of the molecule is Cc1ccc(CN=C(N)Nc2ccc3c(c2)OCCCO3)c(N2CCCC2)n1.I. The minimum Gasteiger partial charge on any atom is -0.490 e. The van der Waals surface area contributed by atoms with Gasteiger partial charge < -0.3 is 25.4 Å². The van der Waals surface area contributed by atoms with E-state index in [2.05, 4.69) is 21.3 Å². The van der Waals surface area contributed by atoms with Crippen LogP contribution in [0.15, 0.2) is 35.3 Å². The highest BCUT2D eigenvalue weighted by Gasteiger charge is 2.17. The summed E-state index contributed by atoms with van der Waals surface area (Å²) < 4.78 is 11.4. The van der Waals surface area contributed by atoms with Crippen LogP contribution in [0.3, 0.4) is 0 Å². The average molecular weight is 509 g/mol. The second-order valence-electron chi connectivity index (χ2n) is 7.17. The van der Waals surface area contributed by atoms with Crippen molar-refractivity contribution >= 4 is 41.4 Å². The third-order valence-corrected chi connectivity index (χ3v) is 4.94. The number of rotatable bonds is 4. The Labute approximate surface area is 188 Å². The number of pyridine rings is 1. The van der Waals surface area contributed by atoms with E-state index >= 15 is 0 Å². The van der Waals surface area contributed by atoms with Crippen molar-refractivity contribution in [1.29, 1.82) is 0 Å². The maximum atomic E-state index is 6.13. The lowest BCUT2D eigenvalue weighted by Crippen LogP contribution is -2.23. The van der Waals surface area contributed by atoms with Crippen molar-refractivity contribution in [2.45, 2.75) is 32.7 Å². The maximum absolute atomic E-state index is 6.13. The second-order valence-corrected chi connectivity index (χ2v) is 7.17. The number of aromatic nitrogens is 1. The molecule has 0 unspecified atom stereocenters. The summed E-state index contributed by atoms with van der Waals surface area (Å²) in [5.41, 5.74) is 9.07. The Morgan fingerprint density at radius 2 is 1.86 bits per heavy atom. The van der Waals surface area contributed by atoms with Crippen LogP contribution in [0.4, 0.5) is 11.5 Å². The number of guanidine groups is 1. The standard InChI is InChI=1S/C21H27N5O2.HI/c1-15-5-6-16(20(24-15)26-9-2-3-10-26)14-23-21(22)25-17-7-8-18-19(13-17)28-12-4-11-27-18;/h5-8,13H,2-4,9-12,14H2,1H3,(H3,22,23,25);1H. The van der Waals surface area contributed by atoms with Crippen LogP contribution in [0.2, 0.25) is 0 Å². The predicted octanol–water partition coefficient (Wildman–Crippen LogP) is 3.70. The fraction of sp³-hybridized carbons (Fsp3) is 0.429. The van der Waals surface area contributed by atoms with Crippen LogP contribution < -0.4 is 25.4 Å². The molecule has 0 spiro atoms. The molecule has 0 saturated carbocycles. The van der Waals surface area contributed by atoms with Gasteiger partial charge in [-0.25, -0.2) is 9.98 Å². The molecule has 2 aliphatic heterocycles. The van der Waals surface area contributed by atoms with Gasteiger partial charge in [-0.3, -0.25) is 0 Å². The minimum absolute atomic E-state index is 0. The first-order valence-corrected chi connectivity index (χ1v) is 9.87. The number of anilines is 2. The van der Waals surface area contributed by atoms with Crippen molar-refractivity contribution in [2.24, 2.45) is 10.7 Å². The summed E-state index contributed by atoms with van der Waals surface area (Å²) in [6.45, 7) is 5.94. The van der Waals surface area contributed by atoms with Gasteiger partial charge in [0, 0.05) is 42.5 Å². The lowest BCUT2D eigenvalue weighted by molar-refractivity contribution is 0.297. The molecule has 2 aromatic rings. The first-order valence-electron chi connectivity index (χ1n) is 9.87. The van der Waals surface area contributed by atoms with E-state index in [4.69, 9.17) is 20.2 Å². The summed E-state index contributed by atoms with van der Waals surface area (Å²) in [4.78, 5) is 11.6. The summed E-state index contributed by atoms with van der Waals surface area (Å²) in [5, 5.41) is 3.14. The summed E-state index contributed by atoms with van der Waals surface area (Å²) in [6.07, 6.45) is 3.31. The second kappa shape index (κ2) is 10.00. The van der Waals surface area contributed by atoms with E-state index < -0.39 is 0 Å². The number of fused-ring (bicyclic) bond motifs is 1. The third kappa shape index (κ3) is 5.43. The molecule has 8 heteroatoms. The minimum atomic E-state index is 0. The van der Waals surface area contributed by atoms with Crippen LogP contribution in [-0.2, 0) is 6.54 Å².